The maximum Gasteiger partial charge on any atom is 0.123 e. The molecule has 0 amide bonds. The predicted octanol–water partition coefficient (Wildman–Crippen LogP) is 5.27. The van der Waals surface area contributed by atoms with E-state index in [1.807, 2.05) is 0 Å². The molecule has 2 rings (SSSR count). The largest absolute Gasteiger partial charge is 0.487 e. The lowest BCUT2D eigenvalue weighted by molar-refractivity contribution is 0.138. The molecule has 1 nitrogen and oxygen atoms in total. The summed E-state index contributed by atoms with van der Waals surface area (Å²) in [6.45, 7) is 8.86. The summed E-state index contributed by atoms with van der Waals surface area (Å²) in [4.78, 5) is 0.450. The van der Waals surface area contributed by atoms with Crippen LogP contribution in [0.25, 0.3) is 0 Å². The summed E-state index contributed by atoms with van der Waals surface area (Å²) >= 11 is 3.85. The molecule has 0 bridgehead atoms. The van der Waals surface area contributed by atoms with Crippen LogP contribution in [-0.4, -0.2) is 5.60 Å². The lowest BCUT2D eigenvalue weighted by Gasteiger charge is -2.18. The fraction of sp³-hybridized carbons (Fsp3) is 0.625. The Morgan fingerprint density at radius 1 is 1.39 bits per heavy atom. The summed E-state index contributed by atoms with van der Waals surface area (Å²) in [5, 5.41) is 0. The first-order chi connectivity index (χ1) is 8.43. The highest BCUT2D eigenvalue weighted by atomic mass is 79.9. The monoisotopic (exact) mass is 310 g/mol. The number of benzene rings is 1. The van der Waals surface area contributed by atoms with Gasteiger partial charge < -0.3 is 4.74 Å². The van der Waals surface area contributed by atoms with Crippen LogP contribution < -0.4 is 4.74 Å². The molecule has 1 aliphatic heterocycles. The van der Waals surface area contributed by atoms with Gasteiger partial charge in [-0.1, -0.05) is 48.3 Å². The van der Waals surface area contributed by atoms with E-state index in [1.54, 1.807) is 0 Å². The molecule has 0 saturated heterocycles. The molecule has 100 valence electrons. The molecule has 0 N–H and O–H groups in total. The van der Waals surface area contributed by atoms with Gasteiger partial charge in [0, 0.05) is 11.2 Å². The highest BCUT2D eigenvalue weighted by Gasteiger charge is 2.30. The third kappa shape index (κ3) is 2.90. The van der Waals surface area contributed by atoms with Crippen LogP contribution in [0.15, 0.2) is 18.2 Å². The molecule has 0 aliphatic carbocycles. The van der Waals surface area contributed by atoms with E-state index in [-0.39, 0.29) is 5.60 Å². The van der Waals surface area contributed by atoms with Gasteiger partial charge in [-0.25, -0.2) is 0 Å². The van der Waals surface area contributed by atoms with Gasteiger partial charge in [-0.2, -0.15) is 0 Å². The van der Waals surface area contributed by atoms with Gasteiger partial charge in [0.2, 0.25) is 0 Å². The smallest absolute Gasteiger partial charge is 0.123 e. The van der Waals surface area contributed by atoms with Gasteiger partial charge in [0.25, 0.3) is 0 Å². The Kier molecular flexibility index (Phi) is 4.05. The fourth-order valence-electron chi connectivity index (χ4n) is 2.73. The SMILES string of the molecule is CCCC(C)C(Br)c1ccc2c(c1)CC(C)(C)O2. The van der Waals surface area contributed by atoms with Crippen LogP contribution in [0.2, 0.25) is 0 Å². The van der Waals surface area contributed by atoms with Crippen molar-refractivity contribution in [1.82, 2.24) is 0 Å². The van der Waals surface area contributed by atoms with Crippen molar-refractivity contribution in [3.05, 3.63) is 29.3 Å². The molecule has 0 spiro atoms. The summed E-state index contributed by atoms with van der Waals surface area (Å²) < 4.78 is 5.92. The minimum Gasteiger partial charge on any atom is -0.487 e. The Morgan fingerprint density at radius 3 is 2.78 bits per heavy atom. The molecule has 0 fully saturated rings. The maximum absolute atomic E-state index is 5.92. The van der Waals surface area contributed by atoms with E-state index in [0.29, 0.717) is 10.7 Å². The van der Waals surface area contributed by atoms with Gasteiger partial charge in [-0.3, -0.25) is 0 Å². The first-order valence-electron chi connectivity index (χ1n) is 6.89. The van der Waals surface area contributed by atoms with Crippen LogP contribution in [-0.2, 0) is 6.42 Å². The molecule has 2 atom stereocenters. The number of hydrogen-bond acceptors (Lipinski definition) is 1. The van der Waals surface area contributed by atoms with Crippen molar-refractivity contribution in [3.8, 4) is 5.75 Å². The average molecular weight is 311 g/mol. The lowest BCUT2D eigenvalue weighted by atomic mass is 9.94. The summed E-state index contributed by atoms with van der Waals surface area (Å²) in [5.74, 6) is 1.73. The number of rotatable bonds is 4. The van der Waals surface area contributed by atoms with E-state index in [9.17, 15) is 0 Å². The summed E-state index contributed by atoms with van der Waals surface area (Å²) in [7, 11) is 0. The average Bonchev–Trinajstić information content (AvgIpc) is 2.60. The first-order valence-corrected chi connectivity index (χ1v) is 7.80. The highest BCUT2D eigenvalue weighted by molar-refractivity contribution is 9.09. The van der Waals surface area contributed by atoms with Crippen molar-refractivity contribution in [3.63, 3.8) is 0 Å². The number of fused-ring (bicyclic) bond motifs is 1. The minimum absolute atomic E-state index is 0.0438. The van der Waals surface area contributed by atoms with Gasteiger partial charge in [-0.05, 0) is 43.4 Å². The molecule has 2 heteroatoms. The molecular weight excluding hydrogens is 288 g/mol. The zero-order chi connectivity index (χ0) is 13.3. The molecule has 1 aliphatic rings. The quantitative estimate of drug-likeness (QED) is 0.688. The molecule has 1 aromatic rings. The molecule has 2 unspecified atom stereocenters. The minimum atomic E-state index is -0.0438. The molecular formula is C16H23BrO. The van der Waals surface area contributed by atoms with Crippen molar-refractivity contribution in [1.29, 1.82) is 0 Å². The molecule has 18 heavy (non-hydrogen) atoms. The molecule has 0 saturated carbocycles. The Balaban J connectivity index is 2.18. The maximum atomic E-state index is 5.92. The second kappa shape index (κ2) is 5.24. The van der Waals surface area contributed by atoms with Crippen LogP contribution in [0.5, 0.6) is 5.75 Å². The zero-order valence-corrected chi connectivity index (χ0v) is 13.4. The van der Waals surface area contributed by atoms with Gasteiger partial charge in [0.1, 0.15) is 11.4 Å². The Bertz CT molecular complexity index is 425. The third-order valence-electron chi connectivity index (χ3n) is 3.65. The Morgan fingerprint density at radius 2 is 2.11 bits per heavy atom. The third-order valence-corrected chi connectivity index (χ3v) is 5.08. The second-order valence-electron chi connectivity index (χ2n) is 6.07. The van der Waals surface area contributed by atoms with Crippen molar-refractivity contribution in [2.75, 3.05) is 0 Å². The number of halogens is 1. The van der Waals surface area contributed by atoms with Crippen molar-refractivity contribution in [2.24, 2.45) is 5.92 Å². The molecule has 0 aromatic heterocycles. The summed E-state index contributed by atoms with van der Waals surface area (Å²) in [6, 6.07) is 6.65. The molecule has 0 radical (unpaired) electrons. The van der Waals surface area contributed by atoms with Gasteiger partial charge in [-0.15, -0.1) is 0 Å². The zero-order valence-electron chi connectivity index (χ0n) is 11.8. The number of alkyl halides is 1. The standard InChI is InChI=1S/C16H23BrO/c1-5-6-11(2)15(17)12-7-8-14-13(9-12)10-16(3,4)18-14/h7-9,11,15H,5-6,10H2,1-4H3. The number of hydrogen-bond donors (Lipinski definition) is 0. The van der Waals surface area contributed by atoms with Crippen molar-refractivity contribution < 1.29 is 4.74 Å². The second-order valence-corrected chi connectivity index (χ2v) is 7.06. The van der Waals surface area contributed by atoms with E-state index < -0.39 is 0 Å². The van der Waals surface area contributed by atoms with E-state index >= 15 is 0 Å². The summed E-state index contributed by atoms with van der Waals surface area (Å²) in [6.07, 6.45) is 3.51. The predicted molar refractivity (Wildman–Crippen MR) is 80.6 cm³/mol. The van der Waals surface area contributed by atoms with E-state index in [4.69, 9.17) is 4.74 Å². The van der Waals surface area contributed by atoms with Crippen LogP contribution in [0.4, 0.5) is 0 Å². The van der Waals surface area contributed by atoms with Gasteiger partial charge in [0.05, 0.1) is 0 Å². The molecule has 1 heterocycles. The van der Waals surface area contributed by atoms with Crippen LogP contribution in [0.1, 0.15) is 56.5 Å². The van der Waals surface area contributed by atoms with E-state index in [2.05, 4.69) is 61.8 Å². The van der Waals surface area contributed by atoms with E-state index in [1.165, 1.54) is 24.0 Å². The summed E-state index contributed by atoms with van der Waals surface area (Å²) in [5.41, 5.74) is 2.69. The normalized spacial score (nSPS) is 20.1. The fourth-order valence-corrected chi connectivity index (χ4v) is 3.28. The lowest BCUT2D eigenvalue weighted by Crippen LogP contribution is -2.24. The van der Waals surface area contributed by atoms with Crippen molar-refractivity contribution >= 4 is 15.9 Å². The van der Waals surface area contributed by atoms with Gasteiger partial charge in [0.15, 0.2) is 0 Å². The highest BCUT2D eigenvalue weighted by Crippen LogP contribution is 2.40. The first kappa shape index (κ1) is 13.9. The van der Waals surface area contributed by atoms with Crippen molar-refractivity contribution in [2.45, 2.75) is 57.4 Å². The molecule has 1 aromatic carbocycles. The van der Waals surface area contributed by atoms with E-state index in [0.717, 1.165) is 12.2 Å². The number of ether oxygens (including phenoxy) is 1. The topological polar surface area (TPSA) is 9.23 Å². The van der Waals surface area contributed by atoms with Gasteiger partial charge >= 0.3 is 0 Å². The van der Waals surface area contributed by atoms with Crippen LogP contribution in [0.3, 0.4) is 0 Å². The van der Waals surface area contributed by atoms with Crippen LogP contribution >= 0.6 is 15.9 Å². The Hall–Kier alpha value is -0.500. The van der Waals surface area contributed by atoms with Crippen LogP contribution in [0, 0.1) is 5.92 Å². The Labute approximate surface area is 119 Å².